The van der Waals surface area contributed by atoms with E-state index in [1.807, 2.05) is 0 Å². The summed E-state index contributed by atoms with van der Waals surface area (Å²) in [6, 6.07) is 11.2. The first-order chi connectivity index (χ1) is 12.0. The van der Waals surface area contributed by atoms with Gasteiger partial charge in [0.2, 0.25) is 0 Å². The van der Waals surface area contributed by atoms with Crippen LogP contribution in [0, 0.1) is 0 Å². The number of amides is 1. The lowest BCUT2D eigenvalue weighted by Gasteiger charge is -2.06. The van der Waals surface area contributed by atoms with Crippen LogP contribution >= 0.6 is 11.6 Å². The molecule has 6 nitrogen and oxygen atoms in total. The Labute approximate surface area is 149 Å². The van der Waals surface area contributed by atoms with E-state index in [1.54, 1.807) is 36.4 Å². The maximum absolute atomic E-state index is 11.7. The molecule has 2 aromatic carbocycles. The first-order valence-electron chi connectivity index (χ1n) is 7.25. The van der Waals surface area contributed by atoms with Gasteiger partial charge in [-0.05, 0) is 42.0 Å². The number of phenolic OH excluding ortho intramolecular Hbond substituents is 1. The number of halogens is 1. The van der Waals surface area contributed by atoms with Gasteiger partial charge in [-0.2, -0.15) is 0 Å². The van der Waals surface area contributed by atoms with Crippen molar-refractivity contribution in [1.82, 2.24) is 0 Å². The highest BCUT2D eigenvalue weighted by atomic mass is 35.5. The Balaban J connectivity index is 1.84. The molecule has 0 saturated carbocycles. The summed E-state index contributed by atoms with van der Waals surface area (Å²) >= 11 is 5.82. The van der Waals surface area contributed by atoms with E-state index in [0.717, 1.165) is 0 Å². The number of nitrogens with one attached hydrogen (secondary N) is 1. The van der Waals surface area contributed by atoms with Gasteiger partial charge >= 0.3 is 5.97 Å². The number of hydrogen-bond acceptors (Lipinski definition) is 5. The summed E-state index contributed by atoms with van der Waals surface area (Å²) in [5, 5.41) is 12.6. The van der Waals surface area contributed by atoms with Gasteiger partial charge in [0.15, 0.2) is 18.1 Å². The van der Waals surface area contributed by atoms with Gasteiger partial charge in [0.05, 0.1) is 7.11 Å². The lowest BCUT2D eigenvalue weighted by molar-refractivity contribution is -0.142. The number of carbonyl (C=O) groups excluding carboxylic acids is 2. The third-order valence-electron chi connectivity index (χ3n) is 3.07. The summed E-state index contributed by atoms with van der Waals surface area (Å²) in [6.07, 6.45) is 2.66. The van der Waals surface area contributed by atoms with E-state index in [4.69, 9.17) is 21.1 Å². The number of carbonyl (C=O) groups is 2. The standard InChI is InChI=1S/C18H16ClNO5/c1-24-16-9-12(5-7-15(16)21)6-8-18(23)25-11-17(22)20-14-4-2-3-13(19)10-14/h2-10,21H,11H2,1H3,(H,20,22)/b8-6+. The number of rotatable bonds is 6. The lowest BCUT2D eigenvalue weighted by Crippen LogP contribution is -2.20. The highest BCUT2D eigenvalue weighted by Gasteiger charge is 2.06. The van der Waals surface area contributed by atoms with Crippen molar-refractivity contribution in [3.8, 4) is 11.5 Å². The van der Waals surface area contributed by atoms with Gasteiger partial charge in [0.1, 0.15) is 0 Å². The molecule has 2 N–H and O–H groups in total. The molecule has 0 aromatic heterocycles. The number of hydrogen-bond donors (Lipinski definition) is 2. The summed E-state index contributed by atoms with van der Waals surface area (Å²) in [6.45, 7) is -0.422. The first kappa shape index (κ1) is 18.4. The maximum Gasteiger partial charge on any atom is 0.331 e. The molecule has 0 aliphatic heterocycles. The van der Waals surface area contributed by atoms with Gasteiger partial charge in [-0.15, -0.1) is 0 Å². The number of anilines is 1. The number of aromatic hydroxyl groups is 1. The van der Waals surface area contributed by atoms with E-state index in [1.165, 1.54) is 25.3 Å². The minimum atomic E-state index is -0.673. The van der Waals surface area contributed by atoms with Crippen LogP contribution in [0.1, 0.15) is 5.56 Å². The second kappa shape index (κ2) is 8.75. The summed E-state index contributed by atoms with van der Waals surface area (Å²) in [5.41, 5.74) is 1.15. The van der Waals surface area contributed by atoms with Crippen LogP contribution in [-0.4, -0.2) is 30.7 Å². The molecule has 0 spiro atoms. The van der Waals surface area contributed by atoms with Gasteiger partial charge in [-0.3, -0.25) is 4.79 Å². The van der Waals surface area contributed by atoms with E-state index >= 15 is 0 Å². The normalized spacial score (nSPS) is 10.5. The molecule has 0 unspecified atom stereocenters. The van der Waals surface area contributed by atoms with Crippen molar-refractivity contribution < 1.29 is 24.2 Å². The average molecular weight is 362 g/mol. The van der Waals surface area contributed by atoms with Gasteiger partial charge in [-0.1, -0.05) is 23.7 Å². The molecular weight excluding hydrogens is 346 g/mol. The third kappa shape index (κ3) is 5.86. The van der Waals surface area contributed by atoms with Crippen molar-refractivity contribution in [2.45, 2.75) is 0 Å². The molecule has 7 heteroatoms. The molecule has 25 heavy (non-hydrogen) atoms. The molecule has 0 saturated heterocycles. The SMILES string of the molecule is COc1cc(/C=C/C(=O)OCC(=O)Nc2cccc(Cl)c2)ccc1O. The molecule has 0 bridgehead atoms. The third-order valence-corrected chi connectivity index (χ3v) is 3.30. The first-order valence-corrected chi connectivity index (χ1v) is 7.63. The number of phenols is 1. The monoisotopic (exact) mass is 361 g/mol. The number of esters is 1. The van der Waals surface area contributed by atoms with Crippen molar-refractivity contribution in [3.05, 3.63) is 59.1 Å². The fourth-order valence-corrected chi connectivity index (χ4v) is 2.10. The van der Waals surface area contributed by atoms with E-state index in [0.29, 0.717) is 16.3 Å². The molecule has 0 aliphatic rings. The predicted octanol–water partition coefficient (Wildman–Crippen LogP) is 3.25. The quantitative estimate of drug-likeness (QED) is 0.609. The van der Waals surface area contributed by atoms with Crippen LogP contribution in [0.2, 0.25) is 5.02 Å². The largest absolute Gasteiger partial charge is 0.504 e. The topological polar surface area (TPSA) is 84.9 Å². The number of ether oxygens (including phenoxy) is 2. The molecule has 0 heterocycles. The second-order valence-corrected chi connectivity index (χ2v) is 5.37. The molecule has 0 radical (unpaired) electrons. The van der Waals surface area contributed by atoms with Gasteiger partial charge in [0.25, 0.3) is 5.91 Å². The Morgan fingerprint density at radius 1 is 1.24 bits per heavy atom. The second-order valence-electron chi connectivity index (χ2n) is 4.93. The van der Waals surface area contributed by atoms with Gasteiger partial charge in [-0.25, -0.2) is 4.79 Å². The predicted molar refractivity (Wildman–Crippen MR) is 94.7 cm³/mol. The Kier molecular flexibility index (Phi) is 6.42. The summed E-state index contributed by atoms with van der Waals surface area (Å²) in [5.74, 6) is -0.861. The summed E-state index contributed by atoms with van der Waals surface area (Å²) in [4.78, 5) is 23.4. The maximum atomic E-state index is 11.7. The Hall–Kier alpha value is -2.99. The van der Waals surface area contributed by atoms with E-state index in [-0.39, 0.29) is 11.5 Å². The van der Waals surface area contributed by atoms with Gasteiger partial charge < -0.3 is 19.9 Å². The highest BCUT2D eigenvalue weighted by molar-refractivity contribution is 6.30. The van der Waals surface area contributed by atoms with Crippen LogP contribution in [0.15, 0.2) is 48.5 Å². The zero-order valence-electron chi connectivity index (χ0n) is 13.4. The minimum absolute atomic E-state index is 0.0000806. The smallest absolute Gasteiger partial charge is 0.331 e. The van der Waals surface area contributed by atoms with Crippen LogP contribution in [-0.2, 0) is 14.3 Å². The summed E-state index contributed by atoms with van der Waals surface area (Å²) in [7, 11) is 1.43. The molecule has 0 atom stereocenters. The van der Waals surface area contributed by atoms with Gasteiger partial charge in [0, 0.05) is 16.8 Å². The summed E-state index contributed by atoms with van der Waals surface area (Å²) < 4.78 is 9.83. The molecule has 130 valence electrons. The fourth-order valence-electron chi connectivity index (χ4n) is 1.91. The van der Waals surface area contributed by atoms with Crippen molar-refractivity contribution in [2.75, 3.05) is 19.0 Å². The fraction of sp³-hybridized carbons (Fsp3) is 0.111. The molecule has 0 fully saturated rings. The van der Waals surface area contributed by atoms with Crippen LogP contribution in [0.5, 0.6) is 11.5 Å². The zero-order valence-corrected chi connectivity index (χ0v) is 14.1. The average Bonchev–Trinajstić information content (AvgIpc) is 2.59. The van der Waals surface area contributed by atoms with Crippen LogP contribution < -0.4 is 10.1 Å². The van der Waals surface area contributed by atoms with E-state index in [9.17, 15) is 14.7 Å². The zero-order chi connectivity index (χ0) is 18.2. The minimum Gasteiger partial charge on any atom is -0.504 e. The number of methoxy groups -OCH3 is 1. The number of benzene rings is 2. The lowest BCUT2D eigenvalue weighted by atomic mass is 10.2. The van der Waals surface area contributed by atoms with Crippen molar-refractivity contribution in [2.24, 2.45) is 0 Å². The molecule has 1 amide bonds. The Morgan fingerprint density at radius 2 is 2.04 bits per heavy atom. The van der Waals surface area contributed by atoms with Crippen molar-refractivity contribution >= 4 is 35.2 Å². The van der Waals surface area contributed by atoms with Crippen LogP contribution in [0.4, 0.5) is 5.69 Å². The van der Waals surface area contributed by atoms with Crippen molar-refractivity contribution in [1.29, 1.82) is 0 Å². The molecule has 2 rings (SSSR count). The van der Waals surface area contributed by atoms with E-state index in [2.05, 4.69) is 5.32 Å². The molecular formula is C18H16ClNO5. The highest BCUT2D eigenvalue weighted by Crippen LogP contribution is 2.26. The van der Waals surface area contributed by atoms with Crippen molar-refractivity contribution in [3.63, 3.8) is 0 Å². The van der Waals surface area contributed by atoms with E-state index < -0.39 is 18.5 Å². The van der Waals surface area contributed by atoms with Crippen LogP contribution in [0.3, 0.4) is 0 Å². The molecule has 0 aliphatic carbocycles. The molecule has 2 aromatic rings. The Bertz CT molecular complexity index is 804. The Morgan fingerprint density at radius 3 is 2.76 bits per heavy atom. The van der Waals surface area contributed by atoms with Crippen LogP contribution in [0.25, 0.3) is 6.08 Å².